The van der Waals surface area contributed by atoms with Crippen molar-refractivity contribution < 1.29 is 9.84 Å². The van der Waals surface area contributed by atoms with Gasteiger partial charge >= 0.3 is 0 Å². The highest BCUT2D eigenvalue weighted by atomic mass is 35.5. The summed E-state index contributed by atoms with van der Waals surface area (Å²) in [6, 6.07) is 0. The van der Waals surface area contributed by atoms with E-state index < -0.39 is 0 Å². The van der Waals surface area contributed by atoms with Crippen molar-refractivity contribution in [2.75, 3.05) is 52.5 Å². The van der Waals surface area contributed by atoms with E-state index in [9.17, 15) is 5.11 Å². The molecule has 20 heavy (non-hydrogen) atoms. The largest absolute Gasteiger partial charge is 0.395 e. The lowest BCUT2D eigenvalue weighted by molar-refractivity contribution is 0.0318. The molecule has 0 bridgehead atoms. The number of aliphatic hydroxyl groups is 1. The molecular formula is C13H23ClN4O2. The molecule has 1 aliphatic rings. The summed E-state index contributed by atoms with van der Waals surface area (Å²) in [4.78, 5) is 8.90. The van der Waals surface area contributed by atoms with Crippen molar-refractivity contribution in [2.45, 2.75) is 6.54 Å². The van der Waals surface area contributed by atoms with Crippen LogP contribution < -0.4 is 0 Å². The van der Waals surface area contributed by atoms with Gasteiger partial charge in [-0.15, -0.1) is 0 Å². The normalized spacial score (nSPS) is 17.0. The fourth-order valence-electron chi connectivity index (χ4n) is 2.29. The van der Waals surface area contributed by atoms with Gasteiger partial charge < -0.3 is 14.4 Å². The lowest BCUT2D eigenvalue weighted by Gasteiger charge is -2.29. The number of hydrogen-bond acceptors (Lipinski definition) is 5. The molecule has 0 aliphatic carbocycles. The van der Waals surface area contributed by atoms with Gasteiger partial charge in [0.05, 0.1) is 32.6 Å². The average molecular weight is 303 g/mol. The second-order valence-electron chi connectivity index (χ2n) is 5.01. The third-order valence-corrected chi connectivity index (χ3v) is 4.00. The smallest absolute Gasteiger partial charge is 0.128 e. The third-order valence-electron chi connectivity index (χ3n) is 3.65. The Labute approximate surface area is 124 Å². The Bertz CT molecular complexity index is 407. The van der Waals surface area contributed by atoms with Gasteiger partial charge in [-0.05, 0) is 0 Å². The van der Waals surface area contributed by atoms with Gasteiger partial charge in [-0.3, -0.25) is 9.80 Å². The van der Waals surface area contributed by atoms with Gasteiger partial charge in [0, 0.05) is 39.8 Å². The molecule has 1 saturated heterocycles. The number of nitrogens with zero attached hydrogens (tertiary/aromatic N) is 4. The second-order valence-corrected chi connectivity index (χ2v) is 5.40. The summed E-state index contributed by atoms with van der Waals surface area (Å²) >= 11 is 6.00. The predicted octanol–water partition coefficient (Wildman–Crippen LogP) is 0.200. The summed E-state index contributed by atoms with van der Waals surface area (Å²) in [5.41, 5.74) is 0. The van der Waals surface area contributed by atoms with Crippen molar-refractivity contribution in [1.29, 1.82) is 0 Å². The fraction of sp³-hybridized carbons (Fsp3) is 0.769. The third kappa shape index (κ3) is 4.43. The number of imidazole rings is 1. The first kappa shape index (κ1) is 15.7. The summed E-state index contributed by atoms with van der Waals surface area (Å²) < 4.78 is 7.22. The average Bonchev–Trinajstić information content (AvgIpc) is 2.78. The number of ether oxygens (including phenoxy) is 1. The van der Waals surface area contributed by atoms with Crippen LogP contribution in [0.4, 0.5) is 0 Å². The van der Waals surface area contributed by atoms with Crippen LogP contribution in [0.2, 0.25) is 5.15 Å². The summed E-state index contributed by atoms with van der Waals surface area (Å²) in [6.45, 7) is 7.00. The van der Waals surface area contributed by atoms with Crippen LogP contribution in [-0.2, 0) is 18.3 Å². The highest BCUT2D eigenvalue weighted by Gasteiger charge is 2.14. The maximum atomic E-state index is 9.20. The molecule has 114 valence electrons. The van der Waals surface area contributed by atoms with Gasteiger partial charge in [-0.1, -0.05) is 11.6 Å². The topological polar surface area (TPSA) is 53.8 Å². The van der Waals surface area contributed by atoms with Crippen LogP contribution in [0.3, 0.4) is 0 Å². The molecule has 0 spiro atoms. The van der Waals surface area contributed by atoms with Crippen LogP contribution in [0.5, 0.6) is 0 Å². The minimum absolute atomic E-state index is 0.154. The van der Waals surface area contributed by atoms with E-state index in [1.54, 1.807) is 6.20 Å². The first-order valence-corrected chi connectivity index (χ1v) is 7.38. The maximum absolute atomic E-state index is 9.20. The zero-order valence-corrected chi connectivity index (χ0v) is 12.7. The van der Waals surface area contributed by atoms with E-state index in [0.29, 0.717) is 18.2 Å². The van der Waals surface area contributed by atoms with Crippen LogP contribution in [0.25, 0.3) is 0 Å². The van der Waals surface area contributed by atoms with E-state index in [1.165, 1.54) is 0 Å². The van der Waals surface area contributed by atoms with E-state index in [0.717, 1.165) is 45.2 Å². The molecule has 1 fully saturated rings. The molecule has 0 unspecified atom stereocenters. The molecular weight excluding hydrogens is 280 g/mol. The minimum atomic E-state index is 0.154. The van der Waals surface area contributed by atoms with Crippen molar-refractivity contribution in [3.8, 4) is 0 Å². The number of rotatable bonds is 7. The van der Waals surface area contributed by atoms with E-state index in [-0.39, 0.29) is 6.61 Å². The SMILES string of the molecule is Cn1c(Cl)cnc1CN(CCO)CCN1CCOCC1. The van der Waals surface area contributed by atoms with E-state index >= 15 is 0 Å². The molecule has 2 rings (SSSR count). The van der Waals surface area contributed by atoms with Crippen molar-refractivity contribution in [3.05, 3.63) is 17.2 Å². The number of halogens is 1. The van der Waals surface area contributed by atoms with E-state index in [2.05, 4.69) is 14.8 Å². The lowest BCUT2D eigenvalue weighted by atomic mass is 10.3. The minimum Gasteiger partial charge on any atom is -0.395 e. The molecule has 6 nitrogen and oxygen atoms in total. The first-order chi connectivity index (χ1) is 9.70. The van der Waals surface area contributed by atoms with Crippen molar-refractivity contribution in [1.82, 2.24) is 19.4 Å². The lowest BCUT2D eigenvalue weighted by Crippen LogP contribution is -2.42. The standard InChI is InChI=1S/C13H23ClN4O2/c1-16-12(14)10-15-13(16)11-18(4-7-19)3-2-17-5-8-20-9-6-17/h10,19H,2-9,11H2,1H3. The zero-order valence-electron chi connectivity index (χ0n) is 12.0. The van der Waals surface area contributed by atoms with Crippen LogP contribution in [-0.4, -0.2) is 77.0 Å². The van der Waals surface area contributed by atoms with E-state index in [1.807, 2.05) is 11.6 Å². The second kappa shape index (κ2) is 7.95. The molecule has 0 saturated carbocycles. The van der Waals surface area contributed by atoms with Crippen molar-refractivity contribution in [2.24, 2.45) is 7.05 Å². The van der Waals surface area contributed by atoms with Crippen LogP contribution in [0.1, 0.15) is 5.82 Å². The molecule has 0 amide bonds. The molecule has 2 heterocycles. The molecule has 0 atom stereocenters. The Hall–Kier alpha value is -0.660. The number of aromatic nitrogens is 2. The Morgan fingerprint density at radius 3 is 2.75 bits per heavy atom. The Kier molecular flexibility index (Phi) is 6.25. The zero-order chi connectivity index (χ0) is 14.4. The maximum Gasteiger partial charge on any atom is 0.128 e. The summed E-state index contributed by atoms with van der Waals surface area (Å²) in [6.07, 6.45) is 1.66. The number of aliphatic hydroxyl groups excluding tert-OH is 1. The predicted molar refractivity (Wildman–Crippen MR) is 77.8 cm³/mol. The number of morpholine rings is 1. The van der Waals surface area contributed by atoms with Gasteiger partial charge in [0.15, 0.2) is 0 Å². The van der Waals surface area contributed by atoms with Gasteiger partial charge in [-0.25, -0.2) is 4.98 Å². The Morgan fingerprint density at radius 1 is 1.40 bits per heavy atom. The summed E-state index contributed by atoms with van der Waals surface area (Å²) in [5.74, 6) is 0.922. The highest BCUT2D eigenvalue weighted by molar-refractivity contribution is 6.29. The molecule has 1 aliphatic heterocycles. The van der Waals surface area contributed by atoms with Gasteiger partial charge in [0.2, 0.25) is 0 Å². The Balaban J connectivity index is 1.84. The van der Waals surface area contributed by atoms with Crippen LogP contribution in [0, 0.1) is 0 Å². The molecule has 1 aromatic heterocycles. The van der Waals surface area contributed by atoms with Gasteiger partial charge in [0.25, 0.3) is 0 Å². The summed E-state index contributed by atoms with van der Waals surface area (Å²) in [5, 5.41) is 9.83. The Morgan fingerprint density at radius 2 is 2.15 bits per heavy atom. The molecule has 1 N–H and O–H groups in total. The van der Waals surface area contributed by atoms with Crippen LogP contribution >= 0.6 is 11.6 Å². The van der Waals surface area contributed by atoms with E-state index in [4.69, 9.17) is 16.3 Å². The summed E-state index contributed by atoms with van der Waals surface area (Å²) in [7, 11) is 1.91. The fourth-order valence-corrected chi connectivity index (χ4v) is 2.44. The molecule has 7 heteroatoms. The highest BCUT2D eigenvalue weighted by Crippen LogP contribution is 2.11. The van der Waals surface area contributed by atoms with Crippen molar-refractivity contribution >= 4 is 11.6 Å². The monoisotopic (exact) mass is 302 g/mol. The quantitative estimate of drug-likeness (QED) is 0.780. The van der Waals surface area contributed by atoms with Gasteiger partial charge in [0.1, 0.15) is 11.0 Å². The molecule has 1 aromatic rings. The molecule has 0 aromatic carbocycles. The first-order valence-electron chi connectivity index (χ1n) is 7.00. The van der Waals surface area contributed by atoms with Gasteiger partial charge in [-0.2, -0.15) is 0 Å². The van der Waals surface area contributed by atoms with Crippen molar-refractivity contribution in [3.63, 3.8) is 0 Å². The van der Waals surface area contributed by atoms with Crippen LogP contribution in [0.15, 0.2) is 6.20 Å². The number of hydrogen-bond donors (Lipinski definition) is 1. The molecule has 0 radical (unpaired) electrons.